The standard InChI is InChI=1S/C19H22N4O3S/c1-11-6-4-9-15(10-11)23-27(24,25)17-12(2)16(20-13(17)3)19-22-21-18(26-19)14-7-5-8-14/h4,6,9-10,14,20,23H,5,7-8H2,1-3H3. The highest BCUT2D eigenvalue weighted by atomic mass is 32.2. The summed E-state index contributed by atoms with van der Waals surface area (Å²) in [5.74, 6) is 1.29. The van der Waals surface area contributed by atoms with Crippen molar-refractivity contribution in [1.29, 1.82) is 0 Å². The zero-order valence-electron chi connectivity index (χ0n) is 15.5. The van der Waals surface area contributed by atoms with Crippen LogP contribution in [-0.4, -0.2) is 23.6 Å². The van der Waals surface area contributed by atoms with Gasteiger partial charge in [-0.25, -0.2) is 8.42 Å². The number of sulfonamides is 1. The van der Waals surface area contributed by atoms with Gasteiger partial charge in [-0.2, -0.15) is 0 Å². The molecular weight excluding hydrogens is 364 g/mol. The van der Waals surface area contributed by atoms with Crippen molar-refractivity contribution in [1.82, 2.24) is 15.2 Å². The monoisotopic (exact) mass is 386 g/mol. The van der Waals surface area contributed by atoms with Gasteiger partial charge in [0.15, 0.2) is 0 Å². The number of benzene rings is 1. The highest BCUT2D eigenvalue weighted by molar-refractivity contribution is 7.92. The molecule has 0 bridgehead atoms. The van der Waals surface area contributed by atoms with Gasteiger partial charge in [0.25, 0.3) is 15.9 Å². The number of hydrogen-bond acceptors (Lipinski definition) is 5. The maximum atomic E-state index is 13.0. The molecule has 1 saturated carbocycles. The highest BCUT2D eigenvalue weighted by Gasteiger charge is 2.29. The van der Waals surface area contributed by atoms with E-state index in [1.54, 1.807) is 26.0 Å². The van der Waals surface area contributed by atoms with E-state index in [1.165, 1.54) is 6.42 Å². The first-order valence-corrected chi connectivity index (χ1v) is 10.5. The summed E-state index contributed by atoms with van der Waals surface area (Å²) < 4.78 is 34.4. The summed E-state index contributed by atoms with van der Waals surface area (Å²) in [5.41, 5.74) is 3.16. The zero-order valence-corrected chi connectivity index (χ0v) is 16.4. The van der Waals surface area contributed by atoms with Crippen molar-refractivity contribution in [2.24, 2.45) is 0 Å². The number of anilines is 1. The summed E-state index contributed by atoms with van der Waals surface area (Å²) in [4.78, 5) is 3.32. The van der Waals surface area contributed by atoms with Crippen molar-refractivity contribution in [3.05, 3.63) is 47.0 Å². The molecule has 0 aliphatic heterocycles. The van der Waals surface area contributed by atoms with Gasteiger partial charge in [0.2, 0.25) is 5.89 Å². The van der Waals surface area contributed by atoms with E-state index in [1.807, 2.05) is 19.1 Å². The first-order valence-electron chi connectivity index (χ1n) is 8.97. The molecule has 7 nitrogen and oxygen atoms in total. The molecule has 2 aromatic heterocycles. The Hall–Kier alpha value is -2.61. The molecule has 1 aromatic carbocycles. The number of nitrogens with one attached hydrogen (secondary N) is 2. The first kappa shape index (κ1) is 17.8. The van der Waals surface area contributed by atoms with Crippen LogP contribution in [0, 0.1) is 20.8 Å². The van der Waals surface area contributed by atoms with Crippen molar-refractivity contribution in [2.45, 2.75) is 50.8 Å². The number of H-pyrrole nitrogens is 1. The fraction of sp³-hybridized carbons (Fsp3) is 0.368. The molecule has 1 aliphatic carbocycles. The molecule has 0 atom stereocenters. The molecule has 0 amide bonds. The van der Waals surface area contributed by atoms with Crippen LogP contribution in [0.25, 0.3) is 11.6 Å². The molecule has 3 aromatic rings. The summed E-state index contributed by atoms with van der Waals surface area (Å²) in [5, 5.41) is 8.25. The Labute approximate surface area is 158 Å². The van der Waals surface area contributed by atoms with E-state index >= 15 is 0 Å². The SMILES string of the molecule is Cc1cccc(NS(=O)(=O)c2c(C)[nH]c(-c3nnc(C4CCC4)o3)c2C)c1. The van der Waals surface area contributed by atoms with Gasteiger partial charge in [-0.3, -0.25) is 4.72 Å². The average molecular weight is 386 g/mol. The minimum absolute atomic E-state index is 0.211. The third kappa shape index (κ3) is 3.25. The largest absolute Gasteiger partial charge is 0.419 e. The summed E-state index contributed by atoms with van der Waals surface area (Å²) in [6.07, 6.45) is 3.30. The van der Waals surface area contributed by atoms with Gasteiger partial charge in [-0.05, 0) is 51.3 Å². The van der Waals surface area contributed by atoms with Gasteiger partial charge in [0.05, 0.1) is 0 Å². The number of rotatable bonds is 5. The molecule has 4 rings (SSSR count). The fourth-order valence-corrected chi connectivity index (χ4v) is 4.92. The number of aromatic nitrogens is 3. The van der Waals surface area contributed by atoms with Gasteiger partial charge in [0, 0.05) is 22.9 Å². The van der Waals surface area contributed by atoms with Crippen LogP contribution < -0.4 is 4.72 Å². The van der Waals surface area contributed by atoms with Crippen molar-refractivity contribution < 1.29 is 12.8 Å². The lowest BCUT2D eigenvalue weighted by molar-refractivity contribution is 0.338. The van der Waals surface area contributed by atoms with Gasteiger partial charge >= 0.3 is 0 Å². The second-order valence-electron chi connectivity index (χ2n) is 7.13. The summed E-state index contributed by atoms with van der Waals surface area (Å²) in [7, 11) is -3.75. The fourth-order valence-electron chi connectivity index (χ4n) is 3.42. The zero-order chi connectivity index (χ0) is 19.2. The predicted octanol–water partition coefficient (Wildman–Crippen LogP) is 4.06. The van der Waals surface area contributed by atoms with Crippen molar-refractivity contribution in [3.8, 4) is 11.6 Å². The number of nitrogens with zero attached hydrogens (tertiary/aromatic N) is 2. The number of hydrogen-bond donors (Lipinski definition) is 2. The molecule has 0 radical (unpaired) electrons. The van der Waals surface area contributed by atoms with E-state index in [4.69, 9.17) is 4.42 Å². The normalized spacial score (nSPS) is 14.9. The molecule has 27 heavy (non-hydrogen) atoms. The molecule has 1 aliphatic rings. The van der Waals surface area contributed by atoms with E-state index in [2.05, 4.69) is 19.9 Å². The summed E-state index contributed by atoms with van der Waals surface area (Å²) in [6.45, 7) is 5.39. The van der Waals surface area contributed by atoms with Crippen LogP contribution in [0.3, 0.4) is 0 Å². The lowest BCUT2D eigenvalue weighted by atomic mass is 9.85. The minimum atomic E-state index is -3.75. The predicted molar refractivity (Wildman–Crippen MR) is 102 cm³/mol. The van der Waals surface area contributed by atoms with Crippen LogP contribution >= 0.6 is 0 Å². The van der Waals surface area contributed by atoms with Crippen LogP contribution in [0.15, 0.2) is 33.6 Å². The lowest BCUT2D eigenvalue weighted by Crippen LogP contribution is -2.14. The van der Waals surface area contributed by atoms with Crippen molar-refractivity contribution in [2.75, 3.05) is 4.72 Å². The second-order valence-corrected chi connectivity index (χ2v) is 8.75. The lowest BCUT2D eigenvalue weighted by Gasteiger charge is -2.20. The Bertz CT molecular complexity index is 1090. The van der Waals surface area contributed by atoms with Gasteiger partial charge < -0.3 is 9.40 Å². The van der Waals surface area contributed by atoms with Crippen LogP contribution in [0.5, 0.6) is 0 Å². The van der Waals surface area contributed by atoms with Crippen LogP contribution in [0.2, 0.25) is 0 Å². The second kappa shape index (κ2) is 6.53. The first-order chi connectivity index (χ1) is 12.8. The van der Waals surface area contributed by atoms with E-state index < -0.39 is 10.0 Å². The third-order valence-electron chi connectivity index (χ3n) is 5.02. The quantitative estimate of drug-likeness (QED) is 0.689. The Morgan fingerprint density at radius 3 is 2.63 bits per heavy atom. The smallest absolute Gasteiger partial charge is 0.264 e. The van der Waals surface area contributed by atoms with Gasteiger partial charge in [0.1, 0.15) is 10.6 Å². The van der Waals surface area contributed by atoms with E-state index in [-0.39, 0.29) is 4.90 Å². The molecule has 2 N–H and O–H groups in total. The maximum absolute atomic E-state index is 13.0. The van der Waals surface area contributed by atoms with E-state index in [0.717, 1.165) is 18.4 Å². The van der Waals surface area contributed by atoms with Crippen LogP contribution in [-0.2, 0) is 10.0 Å². The molecule has 142 valence electrons. The maximum Gasteiger partial charge on any atom is 0.264 e. The number of aryl methyl sites for hydroxylation is 2. The molecule has 2 heterocycles. The molecular formula is C19H22N4O3S. The van der Waals surface area contributed by atoms with Crippen molar-refractivity contribution in [3.63, 3.8) is 0 Å². The van der Waals surface area contributed by atoms with Gasteiger partial charge in [-0.1, -0.05) is 18.6 Å². The minimum Gasteiger partial charge on any atom is -0.419 e. The Morgan fingerprint density at radius 1 is 1.19 bits per heavy atom. The highest BCUT2D eigenvalue weighted by Crippen LogP contribution is 2.37. The Balaban J connectivity index is 1.68. The molecule has 0 saturated heterocycles. The average Bonchev–Trinajstić information content (AvgIpc) is 3.10. The molecule has 1 fully saturated rings. The Kier molecular flexibility index (Phi) is 4.30. The number of aromatic amines is 1. The van der Waals surface area contributed by atoms with E-state index in [9.17, 15) is 8.42 Å². The third-order valence-corrected chi connectivity index (χ3v) is 6.67. The summed E-state index contributed by atoms with van der Waals surface area (Å²) in [6, 6.07) is 7.25. The van der Waals surface area contributed by atoms with Crippen LogP contribution in [0.1, 0.15) is 47.9 Å². The molecule has 0 unspecified atom stereocenters. The topological polar surface area (TPSA) is 101 Å². The van der Waals surface area contributed by atoms with Crippen molar-refractivity contribution >= 4 is 15.7 Å². The van der Waals surface area contributed by atoms with Crippen LogP contribution in [0.4, 0.5) is 5.69 Å². The Morgan fingerprint density at radius 2 is 1.96 bits per heavy atom. The molecule has 0 spiro atoms. The van der Waals surface area contributed by atoms with Gasteiger partial charge in [-0.15, -0.1) is 10.2 Å². The van der Waals surface area contributed by atoms with E-state index in [0.29, 0.717) is 40.3 Å². The molecule has 8 heteroatoms. The summed E-state index contributed by atoms with van der Waals surface area (Å²) >= 11 is 0.